The lowest BCUT2D eigenvalue weighted by Gasteiger charge is -2.10. The van der Waals surface area contributed by atoms with Crippen molar-refractivity contribution < 1.29 is 0 Å². The third kappa shape index (κ3) is 2.50. The predicted molar refractivity (Wildman–Crippen MR) is 95.9 cm³/mol. The molecular formula is C19H17N5. The smallest absolute Gasteiger partial charge is 0.229 e. The predicted octanol–water partition coefficient (Wildman–Crippen LogP) is 4.18. The molecule has 3 aromatic heterocycles. The van der Waals surface area contributed by atoms with E-state index in [0.717, 1.165) is 22.5 Å². The molecule has 0 atom stereocenters. The molecule has 0 unspecified atom stereocenters. The first-order valence-electron chi connectivity index (χ1n) is 7.81. The van der Waals surface area contributed by atoms with E-state index in [4.69, 9.17) is 0 Å². The van der Waals surface area contributed by atoms with E-state index in [1.165, 1.54) is 11.1 Å². The van der Waals surface area contributed by atoms with Gasteiger partial charge in [-0.15, -0.1) is 0 Å². The van der Waals surface area contributed by atoms with Gasteiger partial charge in [-0.2, -0.15) is 4.98 Å². The van der Waals surface area contributed by atoms with Gasteiger partial charge >= 0.3 is 0 Å². The SMILES string of the molecule is Cc1cccc(Nc2ncc3ccn(-c4ccccn4)c3n2)c1C. The van der Waals surface area contributed by atoms with Crippen molar-refractivity contribution in [1.82, 2.24) is 19.5 Å². The van der Waals surface area contributed by atoms with Gasteiger partial charge in [-0.3, -0.25) is 4.57 Å². The van der Waals surface area contributed by atoms with E-state index in [1.807, 2.05) is 53.4 Å². The lowest BCUT2D eigenvalue weighted by Crippen LogP contribution is -2.02. The summed E-state index contributed by atoms with van der Waals surface area (Å²) in [7, 11) is 0. The van der Waals surface area contributed by atoms with Crippen molar-refractivity contribution in [3.63, 3.8) is 0 Å². The number of aromatic nitrogens is 4. The highest BCUT2D eigenvalue weighted by molar-refractivity contribution is 5.78. The van der Waals surface area contributed by atoms with E-state index in [9.17, 15) is 0 Å². The van der Waals surface area contributed by atoms with Crippen LogP contribution in [0.15, 0.2) is 61.1 Å². The van der Waals surface area contributed by atoms with Gasteiger partial charge in [0.1, 0.15) is 5.82 Å². The molecule has 0 amide bonds. The standard InChI is InChI=1S/C19H17N5/c1-13-6-5-7-16(14(13)2)22-19-21-12-15-9-11-24(18(15)23-19)17-8-3-4-10-20-17/h3-12H,1-2H3,(H,21,22,23). The number of benzene rings is 1. The Morgan fingerprint density at radius 2 is 1.88 bits per heavy atom. The van der Waals surface area contributed by atoms with Gasteiger partial charge in [0.2, 0.25) is 5.95 Å². The third-order valence-electron chi connectivity index (χ3n) is 4.17. The maximum atomic E-state index is 4.68. The number of fused-ring (bicyclic) bond motifs is 1. The second-order valence-corrected chi connectivity index (χ2v) is 5.72. The second kappa shape index (κ2) is 5.77. The number of nitrogens with zero attached hydrogens (tertiary/aromatic N) is 4. The van der Waals surface area contributed by atoms with E-state index in [2.05, 4.69) is 40.2 Å². The first kappa shape index (κ1) is 14.4. The summed E-state index contributed by atoms with van der Waals surface area (Å²) in [4.78, 5) is 13.5. The van der Waals surface area contributed by atoms with Crippen LogP contribution >= 0.6 is 0 Å². The molecule has 0 fully saturated rings. The Hall–Kier alpha value is -3.21. The first-order chi connectivity index (χ1) is 11.7. The molecule has 1 N–H and O–H groups in total. The number of hydrogen-bond acceptors (Lipinski definition) is 4. The van der Waals surface area contributed by atoms with Crippen LogP contribution in [0.2, 0.25) is 0 Å². The number of anilines is 2. The Morgan fingerprint density at radius 3 is 2.71 bits per heavy atom. The van der Waals surface area contributed by atoms with Gasteiger partial charge in [0.05, 0.1) is 0 Å². The summed E-state index contributed by atoms with van der Waals surface area (Å²) < 4.78 is 1.96. The quantitative estimate of drug-likeness (QED) is 0.616. The maximum Gasteiger partial charge on any atom is 0.229 e. The second-order valence-electron chi connectivity index (χ2n) is 5.72. The normalized spacial score (nSPS) is 10.9. The molecular weight excluding hydrogens is 298 g/mol. The maximum absolute atomic E-state index is 4.68. The monoisotopic (exact) mass is 315 g/mol. The molecule has 1 aromatic carbocycles. The average molecular weight is 315 g/mol. The van der Waals surface area contributed by atoms with Gasteiger partial charge in [0.25, 0.3) is 0 Å². The molecule has 0 spiro atoms. The Bertz CT molecular complexity index is 1000. The highest BCUT2D eigenvalue weighted by Gasteiger charge is 2.09. The molecule has 24 heavy (non-hydrogen) atoms. The minimum atomic E-state index is 0.576. The van der Waals surface area contributed by atoms with Gasteiger partial charge in [0, 0.05) is 29.7 Å². The van der Waals surface area contributed by atoms with Gasteiger partial charge in [0.15, 0.2) is 5.65 Å². The lowest BCUT2D eigenvalue weighted by molar-refractivity contribution is 1.02. The molecule has 118 valence electrons. The summed E-state index contributed by atoms with van der Waals surface area (Å²) in [5.74, 6) is 1.41. The van der Waals surface area contributed by atoms with Crippen molar-refractivity contribution in [2.45, 2.75) is 13.8 Å². The van der Waals surface area contributed by atoms with Crippen LogP contribution in [0.25, 0.3) is 16.9 Å². The zero-order valence-corrected chi connectivity index (χ0v) is 13.6. The van der Waals surface area contributed by atoms with Gasteiger partial charge in [-0.05, 0) is 49.2 Å². The van der Waals surface area contributed by atoms with Gasteiger partial charge in [-0.1, -0.05) is 18.2 Å². The molecule has 0 saturated carbocycles. The fraction of sp³-hybridized carbons (Fsp3) is 0.105. The highest BCUT2D eigenvalue weighted by atomic mass is 15.2. The third-order valence-corrected chi connectivity index (χ3v) is 4.17. The molecule has 4 rings (SSSR count). The van der Waals surface area contributed by atoms with E-state index in [0.29, 0.717) is 5.95 Å². The van der Waals surface area contributed by atoms with Crippen LogP contribution in [0, 0.1) is 13.8 Å². The Labute approximate surface area is 140 Å². The average Bonchev–Trinajstić information content (AvgIpc) is 3.03. The van der Waals surface area contributed by atoms with Crippen LogP contribution in [0.1, 0.15) is 11.1 Å². The number of aryl methyl sites for hydroxylation is 1. The van der Waals surface area contributed by atoms with Crippen LogP contribution in [0.5, 0.6) is 0 Å². The van der Waals surface area contributed by atoms with Gasteiger partial charge in [-0.25, -0.2) is 9.97 Å². The van der Waals surface area contributed by atoms with Crippen LogP contribution in [0.4, 0.5) is 11.6 Å². The minimum absolute atomic E-state index is 0.576. The fourth-order valence-electron chi connectivity index (χ4n) is 2.67. The van der Waals surface area contributed by atoms with Crippen molar-refractivity contribution in [3.05, 3.63) is 72.2 Å². The fourth-order valence-corrected chi connectivity index (χ4v) is 2.67. The summed E-state index contributed by atoms with van der Waals surface area (Å²) in [5.41, 5.74) is 4.28. The minimum Gasteiger partial charge on any atom is -0.324 e. The first-order valence-corrected chi connectivity index (χ1v) is 7.81. The Balaban J connectivity index is 1.77. The van der Waals surface area contributed by atoms with Gasteiger partial charge < -0.3 is 5.32 Å². The number of hydrogen-bond donors (Lipinski definition) is 1. The van der Waals surface area contributed by atoms with Crippen molar-refractivity contribution >= 4 is 22.7 Å². The molecule has 5 heteroatoms. The van der Waals surface area contributed by atoms with Crippen molar-refractivity contribution in [1.29, 1.82) is 0 Å². The summed E-state index contributed by atoms with van der Waals surface area (Å²) in [6, 6.07) is 14.0. The van der Waals surface area contributed by atoms with E-state index in [1.54, 1.807) is 6.20 Å². The summed E-state index contributed by atoms with van der Waals surface area (Å²) in [6.45, 7) is 4.18. The molecule has 0 aliphatic carbocycles. The molecule has 4 aromatic rings. The van der Waals surface area contributed by atoms with Crippen LogP contribution < -0.4 is 5.32 Å². The molecule has 5 nitrogen and oxygen atoms in total. The molecule has 3 heterocycles. The topological polar surface area (TPSA) is 55.6 Å². The van der Waals surface area contributed by atoms with Crippen molar-refractivity contribution in [2.24, 2.45) is 0 Å². The molecule has 0 bridgehead atoms. The zero-order valence-electron chi connectivity index (χ0n) is 13.6. The molecule has 0 saturated heterocycles. The van der Waals surface area contributed by atoms with E-state index in [-0.39, 0.29) is 0 Å². The molecule has 0 aliphatic heterocycles. The van der Waals surface area contributed by atoms with E-state index < -0.39 is 0 Å². The number of rotatable bonds is 3. The summed E-state index contributed by atoms with van der Waals surface area (Å²) in [5, 5.41) is 4.30. The summed E-state index contributed by atoms with van der Waals surface area (Å²) in [6.07, 6.45) is 5.57. The zero-order chi connectivity index (χ0) is 16.5. The van der Waals surface area contributed by atoms with Crippen LogP contribution in [-0.4, -0.2) is 19.5 Å². The van der Waals surface area contributed by atoms with Crippen molar-refractivity contribution in [2.75, 3.05) is 5.32 Å². The summed E-state index contributed by atoms with van der Waals surface area (Å²) >= 11 is 0. The highest BCUT2D eigenvalue weighted by Crippen LogP contribution is 2.23. The largest absolute Gasteiger partial charge is 0.324 e. The molecule has 0 radical (unpaired) electrons. The van der Waals surface area contributed by atoms with Crippen LogP contribution in [0.3, 0.4) is 0 Å². The Morgan fingerprint density at radius 1 is 0.958 bits per heavy atom. The van der Waals surface area contributed by atoms with Crippen LogP contribution in [-0.2, 0) is 0 Å². The Kier molecular flexibility index (Phi) is 3.46. The van der Waals surface area contributed by atoms with E-state index >= 15 is 0 Å². The number of pyridine rings is 1. The van der Waals surface area contributed by atoms with Crippen molar-refractivity contribution in [3.8, 4) is 5.82 Å². The lowest BCUT2D eigenvalue weighted by atomic mass is 10.1. The molecule has 0 aliphatic rings. The number of nitrogens with one attached hydrogen (secondary N) is 1.